The lowest BCUT2D eigenvalue weighted by Gasteiger charge is -2.36. The number of hydrogen-bond donors (Lipinski definition) is 1. The summed E-state index contributed by atoms with van der Waals surface area (Å²) in [4.78, 5) is 27.5. The van der Waals surface area contributed by atoms with Gasteiger partial charge in [-0.1, -0.05) is 19.1 Å². The number of benzene rings is 1. The van der Waals surface area contributed by atoms with Gasteiger partial charge in [0.25, 0.3) is 5.91 Å². The van der Waals surface area contributed by atoms with Crippen LogP contribution in [0.25, 0.3) is 10.9 Å². The Kier molecular flexibility index (Phi) is 6.38. The maximum absolute atomic E-state index is 13.5. The summed E-state index contributed by atoms with van der Waals surface area (Å²) in [5.74, 6) is 1.46. The second-order valence-electron chi connectivity index (χ2n) is 10.6. The number of nitrogens with one attached hydrogen (secondary N) is 1. The second-order valence-corrected chi connectivity index (χ2v) is 10.6. The number of fused-ring (bicyclic) bond motifs is 1. The zero-order valence-electron chi connectivity index (χ0n) is 20.7. The van der Waals surface area contributed by atoms with Crippen LogP contribution in [0, 0.1) is 12.8 Å². The van der Waals surface area contributed by atoms with Crippen molar-refractivity contribution in [3.05, 3.63) is 53.2 Å². The van der Waals surface area contributed by atoms with Crippen molar-refractivity contribution >= 4 is 16.8 Å². The van der Waals surface area contributed by atoms with Gasteiger partial charge in [0, 0.05) is 29.6 Å². The van der Waals surface area contributed by atoms with E-state index in [1.54, 1.807) is 0 Å². The van der Waals surface area contributed by atoms with Crippen LogP contribution < -0.4 is 0 Å². The van der Waals surface area contributed by atoms with E-state index in [0.29, 0.717) is 11.6 Å². The Labute approximate surface area is 202 Å². The molecule has 2 aliphatic rings. The Bertz CT molecular complexity index is 1160. The molecular formula is C27H36N6O. The summed E-state index contributed by atoms with van der Waals surface area (Å²) in [6.07, 6.45) is 8.18. The normalized spacial score (nSPS) is 21.5. The first-order valence-corrected chi connectivity index (χ1v) is 12.7. The van der Waals surface area contributed by atoms with E-state index in [-0.39, 0.29) is 11.3 Å². The molecule has 7 heteroatoms. The van der Waals surface area contributed by atoms with Crippen molar-refractivity contribution < 1.29 is 4.79 Å². The molecule has 1 amide bonds. The van der Waals surface area contributed by atoms with Gasteiger partial charge in [0.15, 0.2) is 0 Å². The lowest BCUT2D eigenvalue weighted by molar-refractivity contribution is 0.0752. The number of carbonyl (C=O) groups is 1. The van der Waals surface area contributed by atoms with E-state index in [9.17, 15) is 4.79 Å². The molecule has 2 aliphatic heterocycles. The van der Waals surface area contributed by atoms with Crippen LogP contribution in [0.4, 0.5) is 0 Å². The van der Waals surface area contributed by atoms with Gasteiger partial charge in [0.1, 0.15) is 11.5 Å². The van der Waals surface area contributed by atoms with E-state index in [1.165, 1.54) is 10.9 Å². The molecule has 3 aromatic rings. The van der Waals surface area contributed by atoms with Crippen LogP contribution in [0.5, 0.6) is 0 Å². The van der Waals surface area contributed by atoms with Crippen molar-refractivity contribution in [3.63, 3.8) is 0 Å². The molecule has 5 rings (SSSR count). The molecule has 1 atom stereocenters. The fraction of sp³-hybridized carbons (Fsp3) is 0.556. The summed E-state index contributed by atoms with van der Waals surface area (Å²) in [5, 5.41) is 8.49. The number of aromatic amines is 1. The van der Waals surface area contributed by atoms with Crippen LogP contribution in [0.3, 0.4) is 0 Å². The third-order valence-corrected chi connectivity index (χ3v) is 7.92. The van der Waals surface area contributed by atoms with Crippen molar-refractivity contribution in [2.75, 3.05) is 33.2 Å². The largest absolute Gasteiger partial charge is 0.337 e. The van der Waals surface area contributed by atoms with Crippen molar-refractivity contribution in [2.24, 2.45) is 5.92 Å². The van der Waals surface area contributed by atoms with Gasteiger partial charge < -0.3 is 9.80 Å². The van der Waals surface area contributed by atoms with Crippen LogP contribution in [-0.4, -0.2) is 69.1 Å². The monoisotopic (exact) mass is 460 g/mol. The van der Waals surface area contributed by atoms with Gasteiger partial charge in [-0.2, -0.15) is 5.10 Å². The van der Waals surface area contributed by atoms with E-state index in [1.807, 2.05) is 24.1 Å². The van der Waals surface area contributed by atoms with Crippen molar-refractivity contribution in [1.29, 1.82) is 0 Å². The highest BCUT2D eigenvalue weighted by atomic mass is 16.2. The van der Waals surface area contributed by atoms with E-state index >= 15 is 0 Å². The van der Waals surface area contributed by atoms with Crippen LogP contribution >= 0.6 is 0 Å². The minimum absolute atomic E-state index is 0.0564. The number of amides is 1. The zero-order valence-corrected chi connectivity index (χ0v) is 20.7. The van der Waals surface area contributed by atoms with Crippen LogP contribution in [0.2, 0.25) is 0 Å². The number of hydrogen-bond acceptors (Lipinski definition) is 5. The third-order valence-electron chi connectivity index (χ3n) is 7.92. The van der Waals surface area contributed by atoms with Gasteiger partial charge in [0.2, 0.25) is 0 Å². The molecule has 4 heterocycles. The Hall–Kier alpha value is -2.80. The molecule has 1 aromatic carbocycles. The zero-order chi connectivity index (χ0) is 23.7. The van der Waals surface area contributed by atoms with Crippen LogP contribution in [0.1, 0.15) is 66.6 Å². The van der Waals surface area contributed by atoms with E-state index in [2.05, 4.69) is 47.3 Å². The highest BCUT2D eigenvalue weighted by Gasteiger charge is 2.34. The molecule has 2 saturated heterocycles. The molecule has 2 aromatic heterocycles. The number of aryl methyl sites for hydroxylation is 1. The molecular weight excluding hydrogens is 424 g/mol. The van der Waals surface area contributed by atoms with Gasteiger partial charge in [-0.25, -0.2) is 9.97 Å². The summed E-state index contributed by atoms with van der Waals surface area (Å²) in [7, 11) is 2.16. The fourth-order valence-electron chi connectivity index (χ4n) is 5.54. The predicted octanol–water partition coefficient (Wildman–Crippen LogP) is 4.13. The molecule has 0 saturated carbocycles. The summed E-state index contributed by atoms with van der Waals surface area (Å²) in [5.41, 5.74) is 3.82. The number of likely N-dealkylation sites (tertiary alicyclic amines) is 2. The molecule has 0 radical (unpaired) electrons. The number of piperidine rings is 1. The molecule has 1 N–H and O–H groups in total. The Morgan fingerprint density at radius 1 is 1.15 bits per heavy atom. The Balaban J connectivity index is 1.28. The molecule has 0 unspecified atom stereocenters. The van der Waals surface area contributed by atoms with Crippen LogP contribution in [-0.2, 0) is 11.8 Å². The average molecular weight is 461 g/mol. The summed E-state index contributed by atoms with van der Waals surface area (Å²) < 4.78 is 0. The lowest BCUT2D eigenvalue weighted by atomic mass is 9.79. The van der Waals surface area contributed by atoms with E-state index in [4.69, 9.17) is 9.97 Å². The average Bonchev–Trinajstić information content (AvgIpc) is 3.20. The minimum atomic E-state index is -0.0639. The number of H-pyrrole nitrogens is 1. The second kappa shape index (κ2) is 9.45. The topological polar surface area (TPSA) is 78.0 Å². The summed E-state index contributed by atoms with van der Waals surface area (Å²) >= 11 is 0. The predicted molar refractivity (Wildman–Crippen MR) is 134 cm³/mol. The molecule has 34 heavy (non-hydrogen) atoms. The maximum Gasteiger partial charge on any atom is 0.272 e. The standard InChI is InChI=1S/C27H36N6O/c1-19-16-24(30-26(29-19)27(2)10-14-32(3)15-11-27)25(34)33-12-5-6-20(9-13-33)17-21-7-4-8-23-22(21)18-28-31-23/h4,7-8,16,18,20H,5-6,9-15,17H2,1-3H3,(H,28,31)/t20-/m0/s1. The van der Waals surface area contributed by atoms with Crippen molar-refractivity contribution in [3.8, 4) is 0 Å². The molecule has 0 bridgehead atoms. The SMILES string of the molecule is Cc1cc(C(=O)N2CCC[C@H](Cc3cccc4[nH]ncc34)CC2)nc(C2(C)CCN(C)CC2)n1. The van der Waals surface area contributed by atoms with Crippen molar-refractivity contribution in [1.82, 2.24) is 30.0 Å². The molecule has 7 nitrogen and oxygen atoms in total. The van der Waals surface area contributed by atoms with E-state index < -0.39 is 0 Å². The van der Waals surface area contributed by atoms with E-state index in [0.717, 1.165) is 81.7 Å². The van der Waals surface area contributed by atoms with Crippen LogP contribution in [0.15, 0.2) is 30.5 Å². The van der Waals surface area contributed by atoms with Crippen molar-refractivity contribution in [2.45, 2.75) is 57.8 Å². The summed E-state index contributed by atoms with van der Waals surface area (Å²) in [6.45, 7) is 7.89. The maximum atomic E-state index is 13.5. The first kappa shape index (κ1) is 23.0. The molecule has 2 fully saturated rings. The Morgan fingerprint density at radius 3 is 2.79 bits per heavy atom. The summed E-state index contributed by atoms with van der Waals surface area (Å²) in [6, 6.07) is 8.25. The number of aromatic nitrogens is 4. The molecule has 0 spiro atoms. The van der Waals surface area contributed by atoms with Gasteiger partial charge in [-0.3, -0.25) is 9.89 Å². The lowest BCUT2D eigenvalue weighted by Crippen LogP contribution is -2.40. The smallest absolute Gasteiger partial charge is 0.272 e. The quantitative estimate of drug-likeness (QED) is 0.633. The highest BCUT2D eigenvalue weighted by molar-refractivity contribution is 5.92. The van der Waals surface area contributed by atoms with Gasteiger partial charge in [0.05, 0.1) is 11.7 Å². The first-order valence-electron chi connectivity index (χ1n) is 12.7. The van der Waals surface area contributed by atoms with Gasteiger partial charge in [-0.05, 0) is 89.2 Å². The third kappa shape index (κ3) is 4.71. The number of rotatable bonds is 4. The number of nitrogens with zero attached hydrogens (tertiary/aromatic N) is 5. The first-order chi connectivity index (χ1) is 16.4. The minimum Gasteiger partial charge on any atom is -0.337 e. The van der Waals surface area contributed by atoms with Gasteiger partial charge >= 0.3 is 0 Å². The Morgan fingerprint density at radius 2 is 1.97 bits per heavy atom. The highest BCUT2D eigenvalue weighted by Crippen LogP contribution is 2.33. The fourth-order valence-corrected chi connectivity index (χ4v) is 5.54. The molecule has 180 valence electrons. The number of carbonyl (C=O) groups excluding carboxylic acids is 1. The van der Waals surface area contributed by atoms with Gasteiger partial charge in [-0.15, -0.1) is 0 Å². The molecule has 0 aliphatic carbocycles.